The van der Waals surface area contributed by atoms with Gasteiger partial charge in [-0.05, 0) is 33.1 Å². The Balaban J connectivity index is 2.59. The van der Waals surface area contributed by atoms with Crippen LogP contribution >= 0.6 is 0 Å². The molecule has 1 unspecified atom stereocenters. The fourth-order valence-electron chi connectivity index (χ4n) is 1.52. The number of rotatable bonds is 2. The van der Waals surface area contributed by atoms with Gasteiger partial charge >= 0.3 is 0 Å². The predicted molar refractivity (Wildman–Crippen MR) is 49.8 cm³/mol. The Morgan fingerprint density at radius 3 is 2.77 bits per heavy atom. The van der Waals surface area contributed by atoms with Crippen molar-refractivity contribution in [3.63, 3.8) is 0 Å². The van der Waals surface area contributed by atoms with E-state index in [1.54, 1.807) is 6.92 Å². The zero-order valence-corrected chi connectivity index (χ0v) is 8.05. The lowest BCUT2D eigenvalue weighted by molar-refractivity contribution is -0.117. The maximum Gasteiger partial charge on any atom is 0.248 e. The number of nitriles is 1. The molecule has 0 aromatic carbocycles. The van der Waals surface area contributed by atoms with Gasteiger partial charge in [-0.25, -0.2) is 0 Å². The van der Waals surface area contributed by atoms with Gasteiger partial charge in [0.1, 0.15) is 6.04 Å². The van der Waals surface area contributed by atoms with E-state index in [1.807, 2.05) is 13.0 Å². The largest absolute Gasteiger partial charge is 0.337 e. The molecular weight excluding hydrogens is 164 g/mol. The average Bonchev–Trinajstić information content (AvgIpc) is 2.51. The third-order valence-electron chi connectivity index (χ3n) is 2.31. The number of amides is 1. The van der Waals surface area contributed by atoms with E-state index in [0.29, 0.717) is 0 Å². The van der Waals surface area contributed by atoms with E-state index in [2.05, 4.69) is 5.32 Å². The van der Waals surface area contributed by atoms with Crippen molar-refractivity contribution in [2.24, 2.45) is 0 Å². The zero-order valence-electron chi connectivity index (χ0n) is 8.05. The van der Waals surface area contributed by atoms with Gasteiger partial charge < -0.3 is 5.32 Å². The first-order chi connectivity index (χ1) is 6.15. The molecule has 70 valence electrons. The van der Waals surface area contributed by atoms with E-state index in [0.717, 1.165) is 24.8 Å². The molecule has 0 heterocycles. The van der Waals surface area contributed by atoms with Gasteiger partial charge in [0.25, 0.3) is 0 Å². The van der Waals surface area contributed by atoms with Crippen LogP contribution in [-0.2, 0) is 4.79 Å². The Hall–Kier alpha value is -1.30. The molecule has 3 nitrogen and oxygen atoms in total. The van der Waals surface area contributed by atoms with Crippen LogP contribution in [0.25, 0.3) is 0 Å². The first-order valence-corrected chi connectivity index (χ1v) is 4.54. The van der Waals surface area contributed by atoms with Crippen molar-refractivity contribution in [2.75, 3.05) is 0 Å². The van der Waals surface area contributed by atoms with Crippen molar-refractivity contribution < 1.29 is 4.79 Å². The third-order valence-corrected chi connectivity index (χ3v) is 2.31. The summed E-state index contributed by atoms with van der Waals surface area (Å²) in [6.45, 7) is 3.67. The van der Waals surface area contributed by atoms with Crippen LogP contribution in [0.2, 0.25) is 0 Å². The monoisotopic (exact) mass is 178 g/mol. The molecule has 0 bridgehead atoms. The van der Waals surface area contributed by atoms with Crippen LogP contribution in [0.3, 0.4) is 0 Å². The minimum Gasteiger partial charge on any atom is -0.337 e. The van der Waals surface area contributed by atoms with Crippen molar-refractivity contribution in [3.05, 3.63) is 11.1 Å². The lowest BCUT2D eigenvalue weighted by Gasteiger charge is -2.07. The lowest BCUT2D eigenvalue weighted by Crippen LogP contribution is -2.32. The highest BCUT2D eigenvalue weighted by Crippen LogP contribution is 2.25. The standard InChI is InChI=1S/C10H14N2O/c1-7-4-3-5-9(7)10(13)12-8(2)6-11/h8H,3-5H2,1-2H3,(H,12,13). The fourth-order valence-corrected chi connectivity index (χ4v) is 1.52. The molecule has 0 aromatic rings. The molecule has 13 heavy (non-hydrogen) atoms. The minimum atomic E-state index is -0.395. The second-order valence-electron chi connectivity index (χ2n) is 3.44. The summed E-state index contributed by atoms with van der Waals surface area (Å²) >= 11 is 0. The maximum atomic E-state index is 11.5. The van der Waals surface area contributed by atoms with Crippen molar-refractivity contribution in [1.82, 2.24) is 5.32 Å². The van der Waals surface area contributed by atoms with Gasteiger partial charge in [-0.1, -0.05) is 5.57 Å². The molecule has 1 rings (SSSR count). The maximum absolute atomic E-state index is 11.5. The van der Waals surface area contributed by atoms with E-state index in [-0.39, 0.29) is 5.91 Å². The van der Waals surface area contributed by atoms with Crippen molar-refractivity contribution in [2.45, 2.75) is 39.2 Å². The van der Waals surface area contributed by atoms with Gasteiger partial charge in [-0.3, -0.25) is 4.79 Å². The normalized spacial score (nSPS) is 18.2. The number of hydrogen-bond acceptors (Lipinski definition) is 2. The molecule has 0 fully saturated rings. The van der Waals surface area contributed by atoms with Gasteiger partial charge in [-0.15, -0.1) is 0 Å². The molecular formula is C10H14N2O. The summed E-state index contributed by atoms with van der Waals surface area (Å²) in [5, 5.41) is 11.2. The second-order valence-corrected chi connectivity index (χ2v) is 3.44. The molecule has 1 amide bonds. The molecule has 1 aliphatic carbocycles. The summed E-state index contributed by atoms with van der Waals surface area (Å²) in [4.78, 5) is 11.5. The highest BCUT2D eigenvalue weighted by Gasteiger charge is 2.18. The van der Waals surface area contributed by atoms with Crippen LogP contribution in [0.15, 0.2) is 11.1 Å². The van der Waals surface area contributed by atoms with Crippen LogP contribution in [0, 0.1) is 11.3 Å². The average molecular weight is 178 g/mol. The highest BCUT2D eigenvalue weighted by atomic mass is 16.1. The van der Waals surface area contributed by atoms with E-state index in [9.17, 15) is 4.79 Å². The molecule has 0 saturated heterocycles. The summed E-state index contributed by atoms with van der Waals surface area (Å²) in [6, 6.07) is 1.58. The van der Waals surface area contributed by atoms with Crippen molar-refractivity contribution >= 4 is 5.91 Å². The summed E-state index contributed by atoms with van der Waals surface area (Å²) in [7, 11) is 0. The molecule has 0 radical (unpaired) electrons. The molecule has 0 aromatic heterocycles. The van der Waals surface area contributed by atoms with Crippen molar-refractivity contribution in [3.8, 4) is 6.07 Å². The number of hydrogen-bond donors (Lipinski definition) is 1. The van der Waals surface area contributed by atoms with Gasteiger partial charge in [0, 0.05) is 5.57 Å². The Morgan fingerprint density at radius 1 is 1.62 bits per heavy atom. The van der Waals surface area contributed by atoms with Gasteiger partial charge in [-0.2, -0.15) is 5.26 Å². The van der Waals surface area contributed by atoms with Crippen molar-refractivity contribution in [1.29, 1.82) is 5.26 Å². The molecule has 0 saturated carbocycles. The van der Waals surface area contributed by atoms with Crippen LogP contribution < -0.4 is 5.32 Å². The smallest absolute Gasteiger partial charge is 0.248 e. The molecule has 0 aliphatic heterocycles. The summed E-state index contributed by atoms with van der Waals surface area (Å²) in [5.41, 5.74) is 2.05. The van der Waals surface area contributed by atoms with E-state index >= 15 is 0 Å². The Morgan fingerprint density at radius 2 is 2.31 bits per heavy atom. The quantitative estimate of drug-likeness (QED) is 0.697. The fraction of sp³-hybridized carbons (Fsp3) is 0.600. The van der Waals surface area contributed by atoms with E-state index in [1.165, 1.54) is 5.57 Å². The Bertz CT molecular complexity index is 286. The minimum absolute atomic E-state index is 0.0657. The number of allylic oxidation sites excluding steroid dienone is 1. The first-order valence-electron chi connectivity index (χ1n) is 4.54. The Kier molecular flexibility index (Phi) is 3.07. The SMILES string of the molecule is CC1=C(C(=O)NC(C)C#N)CCC1. The number of carbonyl (C=O) groups is 1. The highest BCUT2D eigenvalue weighted by molar-refractivity contribution is 5.94. The Labute approximate surface area is 78.4 Å². The van der Waals surface area contributed by atoms with Crippen LogP contribution in [0.5, 0.6) is 0 Å². The van der Waals surface area contributed by atoms with Crippen LogP contribution in [0.4, 0.5) is 0 Å². The van der Waals surface area contributed by atoms with Gasteiger partial charge in [0.15, 0.2) is 0 Å². The predicted octanol–water partition coefficient (Wildman–Crippen LogP) is 1.52. The second kappa shape index (κ2) is 4.08. The molecule has 0 spiro atoms. The van der Waals surface area contributed by atoms with E-state index < -0.39 is 6.04 Å². The molecule has 1 N–H and O–H groups in total. The summed E-state index contributed by atoms with van der Waals surface area (Å²) < 4.78 is 0. The molecule has 1 atom stereocenters. The number of carbonyl (C=O) groups excluding carboxylic acids is 1. The van der Waals surface area contributed by atoms with Gasteiger partial charge in [0.2, 0.25) is 5.91 Å². The number of nitrogens with one attached hydrogen (secondary N) is 1. The first kappa shape index (κ1) is 9.79. The van der Waals surface area contributed by atoms with Gasteiger partial charge in [0.05, 0.1) is 6.07 Å². The zero-order chi connectivity index (χ0) is 9.84. The van der Waals surface area contributed by atoms with Crippen LogP contribution in [0.1, 0.15) is 33.1 Å². The summed E-state index contributed by atoms with van der Waals surface area (Å²) in [5.74, 6) is -0.0657. The van der Waals surface area contributed by atoms with E-state index in [4.69, 9.17) is 5.26 Å². The van der Waals surface area contributed by atoms with Crippen LogP contribution in [-0.4, -0.2) is 11.9 Å². The summed E-state index contributed by atoms with van der Waals surface area (Å²) in [6.07, 6.45) is 2.94. The molecule has 1 aliphatic rings. The third kappa shape index (κ3) is 2.32. The number of nitrogens with zero attached hydrogens (tertiary/aromatic N) is 1. The topological polar surface area (TPSA) is 52.9 Å². The lowest BCUT2D eigenvalue weighted by atomic mass is 10.1. The molecule has 3 heteroatoms.